The van der Waals surface area contributed by atoms with Gasteiger partial charge in [-0.1, -0.05) is 11.6 Å². The lowest BCUT2D eigenvalue weighted by Crippen LogP contribution is -2.43. The highest BCUT2D eigenvalue weighted by molar-refractivity contribution is 5.28. The van der Waals surface area contributed by atoms with E-state index in [-0.39, 0.29) is 0 Å². The van der Waals surface area contributed by atoms with E-state index in [2.05, 4.69) is 6.08 Å². The second-order valence-corrected chi connectivity index (χ2v) is 5.11. The fourth-order valence-corrected chi connectivity index (χ4v) is 4.16. The maximum atomic E-state index is 2.66. The molecule has 6 bridgehead atoms. The molecule has 6 rings (SSSR count). The Morgan fingerprint density at radius 1 is 1.09 bits per heavy atom. The van der Waals surface area contributed by atoms with Gasteiger partial charge in [0.15, 0.2) is 0 Å². The molecule has 0 saturated heterocycles. The van der Waals surface area contributed by atoms with Crippen LogP contribution < -0.4 is 0 Å². The first-order valence-electron chi connectivity index (χ1n) is 5.12. The van der Waals surface area contributed by atoms with Crippen LogP contribution in [0.25, 0.3) is 0 Å². The van der Waals surface area contributed by atoms with E-state index in [0.717, 1.165) is 29.6 Å². The van der Waals surface area contributed by atoms with E-state index < -0.39 is 0 Å². The smallest absolute Gasteiger partial charge is 0.0169 e. The minimum absolute atomic E-state index is 1.05. The minimum Gasteiger partial charge on any atom is -0.0816 e. The Balaban J connectivity index is 1.89. The van der Waals surface area contributed by atoms with Gasteiger partial charge >= 0.3 is 0 Å². The molecule has 11 heavy (non-hydrogen) atoms. The number of hydrogen-bond acceptors (Lipinski definition) is 0. The molecular weight excluding hydrogens is 132 g/mol. The van der Waals surface area contributed by atoms with E-state index in [1.807, 2.05) is 5.57 Å². The van der Waals surface area contributed by atoms with Crippen molar-refractivity contribution in [1.29, 1.82) is 0 Å². The van der Waals surface area contributed by atoms with Crippen molar-refractivity contribution in [3.05, 3.63) is 11.6 Å². The summed E-state index contributed by atoms with van der Waals surface area (Å²) >= 11 is 0. The molecule has 0 spiro atoms. The summed E-state index contributed by atoms with van der Waals surface area (Å²) in [7, 11) is 0. The Bertz CT molecular complexity index is 251. The van der Waals surface area contributed by atoms with Crippen LogP contribution in [0.3, 0.4) is 0 Å². The molecule has 0 aromatic rings. The van der Waals surface area contributed by atoms with Crippen LogP contribution in [0.2, 0.25) is 0 Å². The fourth-order valence-electron chi connectivity index (χ4n) is 4.16. The molecule has 0 aliphatic heterocycles. The van der Waals surface area contributed by atoms with Crippen LogP contribution in [-0.4, -0.2) is 0 Å². The summed E-state index contributed by atoms with van der Waals surface area (Å²) in [5.41, 5.74) is 1.86. The largest absolute Gasteiger partial charge is 0.0816 e. The second kappa shape index (κ2) is 1.44. The predicted octanol–water partition coefficient (Wildman–Crippen LogP) is 2.61. The molecule has 0 nitrogen and oxygen atoms in total. The second-order valence-electron chi connectivity index (χ2n) is 5.11. The van der Waals surface area contributed by atoms with Crippen molar-refractivity contribution in [3.63, 3.8) is 0 Å². The molecule has 0 heteroatoms. The first-order valence-corrected chi connectivity index (χ1v) is 5.12. The van der Waals surface area contributed by atoms with E-state index in [9.17, 15) is 0 Å². The molecule has 0 N–H and O–H groups in total. The quantitative estimate of drug-likeness (QED) is 0.461. The van der Waals surface area contributed by atoms with Gasteiger partial charge in [0.1, 0.15) is 0 Å². The van der Waals surface area contributed by atoms with Gasteiger partial charge in [-0.15, -0.1) is 0 Å². The molecule has 3 fully saturated rings. The molecular formula is C11H14. The number of rotatable bonds is 0. The lowest BCUT2D eigenvalue weighted by Gasteiger charge is -2.52. The van der Waals surface area contributed by atoms with Gasteiger partial charge in [-0.3, -0.25) is 0 Å². The summed E-state index contributed by atoms with van der Waals surface area (Å²) in [5.74, 6) is 5.59. The van der Waals surface area contributed by atoms with Crippen molar-refractivity contribution >= 4 is 0 Å². The molecule has 5 atom stereocenters. The van der Waals surface area contributed by atoms with Crippen LogP contribution in [0.15, 0.2) is 11.6 Å². The highest BCUT2D eigenvalue weighted by atomic mass is 14.6. The van der Waals surface area contributed by atoms with Crippen molar-refractivity contribution in [3.8, 4) is 0 Å². The van der Waals surface area contributed by atoms with E-state index in [4.69, 9.17) is 0 Å². The Labute approximate surface area is 67.7 Å². The molecule has 0 aromatic heterocycles. The first-order chi connectivity index (χ1) is 5.42. The SMILES string of the molecule is C1=C2CC3CC4C1CC4CC23. The third kappa shape index (κ3) is 0.457. The molecule has 0 radical (unpaired) electrons. The van der Waals surface area contributed by atoms with Crippen molar-refractivity contribution in [2.45, 2.75) is 25.7 Å². The van der Waals surface area contributed by atoms with Crippen LogP contribution in [0, 0.1) is 29.6 Å². The molecule has 3 saturated carbocycles. The third-order valence-corrected chi connectivity index (χ3v) is 4.83. The zero-order valence-corrected chi connectivity index (χ0v) is 6.79. The molecule has 6 aliphatic rings. The maximum Gasteiger partial charge on any atom is -0.0169 e. The average Bonchev–Trinajstić information content (AvgIpc) is 2.23. The molecule has 58 valence electrons. The van der Waals surface area contributed by atoms with Crippen LogP contribution in [0.4, 0.5) is 0 Å². The van der Waals surface area contributed by atoms with Crippen molar-refractivity contribution < 1.29 is 0 Å². The molecule has 0 aromatic carbocycles. The van der Waals surface area contributed by atoms with E-state index in [1.165, 1.54) is 6.42 Å². The Morgan fingerprint density at radius 3 is 3.09 bits per heavy atom. The third-order valence-electron chi connectivity index (χ3n) is 4.83. The molecule has 0 heterocycles. The minimum atomic E-state index is 1.05. The normalized spacial score (nSPS) is 62.5. The van der Waals surface area contributed by atoms with E-state index >= 15 is 0 Å². The average molecular weight is 146 g/mol. The topological polar surface area (TPSA) is 0 Å². The standard InChI is InChI=1S/C11H14/c1-6-2-8-4-11-7(1)3-9(11)5-10(6)8/h1,6,8-11H,2-5H2. The van der Waals surface area contributed by atoms with Gasteiger partial charge < -0.3 is 0 Å². The van der Waals surface area contributed by atoms with Gasteiger partial charge in [0.2, 0.25) is 0 Å². The summed E-state index contributed by atoms with van der Waals surface area (Å²) in [5, 5.41) is 0. The number of hydrogen-bond donors (Lipinski definition) is 0. The predicted molar refractivity (Wildman–Crippen MR) is 44.0 cm³/mol. The van der Waals surface area contributed by atoms with Gasteiger partial charge in [0.25, 0.3) is 0 Å². The Hall–Kier alpha value is -0.260. The van der Waals surface area contributed by atoms with E-state index in [0.29, 0.717) is 0 Å². The summed E-state index contributed by atoms with van der Waals surface area (Å²) in [6, 6.07) is 0. The van der Waals surface area contributed by atoms with Gasteiger partial charge in [-0.2, -0.15) is 0 Å². The zero-order chi connectivity index (χ0) is 7.00. The van der Waals surface area contributed by atoms with Crippen molar-refractivity contribution in [1.82, 2.24) is 0 Å². The highest BCUT2D eigenvalue weighted by Crippen LogP contribution is 2.64. The molecule has 6 aliphatic carbocycles. The lowest BCUT2D eigenvalue weighted by atomic mass is 9.53. The summed E-state index contributed by atoms with van der Waals surface area (Å²) in [6.07, 6.45) is 8.88. The van der Waals surface area contributed by atoms with Crippen LogP contribution >= 0.6 is 0 Å². The van der Waals surface area contributed by atoms with Crippen LogP contribution in [-0.2, 0) is 0 Å². The van der Waals surface area contributed by atoms with Gasteiger partial charge in [-0.05, 0) is 55.3 Å². The maximum absolute atomic E-state index is 2.66. The first kappa shape index (κ1) is 5.40. The Kier molecular flexibility index (Phi) is 0.706. The lowest BCUT2D eigenvalue weighted by molar-refractivity contribution is 0.00418. The van der Waals surface area contributed by atoms with Gasteiger partial charge in [0, 0.05) is 0 Å². The van der Waals surface area contributed by atoms with Gasteiger partial charge in [0.05, 0.1) is 0 Å². The Morgan fingerprint density at radius 2 is 2.09 bits per heavy atom. The summed E-state index contributed by atoms with van der Waals surface area (Å²) < 4.78 is 0. The fraction of sp³-hybridized carbons (Fsp3) is 0.818. The molecule has 5 unspecified atom stereocenters. The summed E-state index contributed by atoms with van der Waals surface area (Å²) in [4.78, 5) is 0. The monoisotopic (exact) mass is 146 g/mol. The van der Waals surface area contributed by atoms with E-state index in [1.54, 1.807) is 19.3 Å². The zero-order valence-electron chi connectivity index (χ0n) is 6.79. The van der Waals surface area contributed by atoms with Crippen LogP contribution in [0.5, 0.6) is 0 Å². The van der Waals surface area contributed by atoms with Crippen molar-refractivity contribution in [2.75, 3.05) is 0 Å². The van der Waals surface area contributed by atoms with Crippen molar-refractivity contribution in [2.24, 2.45) is 29.6 Å². The summed E-state index contributed by atoms with van der Waals surface area (Å²) in [6.45, 7) is 0. The number of allylic oxidation sites excluding steroid dienone is 2. The molecule has 0 amide bonds. The van der Waals surface area contributed by atoms with Crippen LogP contribution in [0.1, 0.15) is 25.7 Å². The van der Waals surface area contributed by atoms with Gasteiger partial charge in [-0.25, -0.2) is 0 Å². The highest BCUT2D eigenvalue weighted by Gasteiger charge is 2.54.